The Morgan fingerprint density at radius 2 is 1.71 bits per heavy atom. The highest BCUT2D eigenvalue weighted by Gasteiger charge is 2.35. The average molecular weight is 287 g/mol. The van der Waals surface area contributed by atoms with Gasteiger partial charge in [0.1, 0.15) is 5.75 Å². The largest absolute Gasteiger partial charge is 0.496 e. The second-order valence-corrected chi connectivity index (χ2v) is 7.71. The van der Waals surface area contributed by atoms with Crippen LogP contribution < -0.4 is 10.1 Å². The molecule has 2 heteroatoms. The molecule has 2 fully saturated rings. The van der Waals surface area contributed by atoms with Crippen LogP contribution in [0.25, 0.3) is 0 Å². The minimum Gasteiger partial charge on any atom is -0.496 e. The summed E-state index contributed by atoms with van der Waals surface area (Å²) in [4.78, 5) is 0. The third-order valence-electron chi connectivity index (χ3n) is 5.53. The van der Waals surface area contributed by atoms with Crippen LogP contribution in [0.4, 0.5) is 0 Å². The first-order valence-corrected chi connectivity index (χ1v) is 8.46. The number of ether oxygens (including phenoxy) is 1. The summed E-state index contributed by atoms with van der Waals surface area (Å²) in [5.41, 5.74) is 1.96. The lowest BCUT2D eigenvalue weighted by atomic mass is 9.73. The van der Waals surface area contributed by atoms with E-state index in [2.05, 4.69) is 43.4 Å². The molecule has 2 nitrogen and oxygen atoms in total. The minimum atomic E-state index is 0.567. The molecule has 2 aliphatic rings. The summed E-state index contributed by atoms with van der Waals surface area (Å²) >= 11 is 0. The van der Waals surface area contributed by atoms with Crippen molar-refractivity contribution in [1.82, 2.24) is 5.32 Å². The molecule has 0 radical (unpaired) electrons. The molecular weight excluding hydrogens is 258 g/mol. The number of hydrogen-bond acceptors (Lipinski definition) is 2. The van der Waals surface area contributed by atoms with Gasteiger partial charge in [0, 0.05) is 12.1 Å². The fourth-order valence-electron chi connectivity index (χ4n) is 3.91. The molecule has 21 heavy (non-hydrogen) atoms. The predicted octanol–water partition coefficient (Wildman–Crippen LogP) is 4.50. The molecule has 0 aromatic heterocycles. The summed E-state index contributed by atoms with van der Waals surface area (Å²) in [6.07, 6.45) is 7.97. The van der Waals surface area contributed by atoms with E-state index in [0.717, 1.165) is 11.8 Å². The Bertz CT molecular complexity index is 466. The number of benzene rings is 1. The molecule has 0 spiro atoms. The standard InChI is InChI=1S/C19H29NO/c1-19(2)10-8-15(9-11-19)20-16-12-14(13-16)17-6-4-5-7-18(17)21-3/h4-7,14-16,20H,8-13H2,1-3H3. The van der Waals surface area contributed by atoms with Crippen LogP contribution in [-0.2, 0) is 0 Å². The maximum atomic E-state index is 5.49. The van der Waals surface area contributed by atoms with Crippen molar-refractivity contribution in [2.24, 2.45) is 5.41 Å². The van der Waals surface area contributed by atoms with Crippen molar-refractivity contribution < 1.29 is 4.74 Å². The maximum Gasteiger partial charge on any atom is 0.122 e. The molecule has 0 unspecified atom stereocenters. The molecule has 0 bridgehead atoms. The number of hydrogen-bond donors (Lipinski definition) is 1. The fourth-order valence-corrected chi connectivity index (χ4v) is 3.91. The Morgan fingerprint density at radius 3 is 2.38 bits per heavy atom. The first-order valence-electron chi connectivity index (χ1n) is 8.46. The quantitative estimate of drug-likeness (QED) is 0.880. The van der Waals surface area contributed by atoms with E-state index in [4.69, 9.17) is 4.74 Å². The SMILES string of the molecule is COc1ccccc1C1CC(NC2CCC(C)(C)CC2)C1. The van der Waals surface area contributed by atoms with Gasteiger partial charge in [0.2, 0.25) is 0 Å². The number of rotatable bonds is 4. The van der Waals surface area contributed by atoms with Crippen LogP contribution in [0, 0.1) is 5.41 Å². The summed E-state index contributed by atoms with van der Waals surface area (Å²) in [5, 5.41) is 3.89. The first-order chi connectivity index (χ1) is 10.1. The lowest BCUT2D eigenvalue weighted by Crippen LogP contribution is -2.47. The molecule has 0 heterocycles. The van der Waals surface area contributed by atoms with Gasteiger partial charge < -0.3 is 10.1 Å². The molecule has 2 saturated carbocycles. The molecule has 0 saturated heterocycles. The summed E-state index contributed by atoms with van der Waals surface area (Å²) < 4.78 is 5.49. The van der Waals surface area contributed by atoms with Gasteiger partial charge in [-0.2, -0.15) is 0 Å². The molecule has 1 N–H and O–H groups in total. The Labute approximate surface area is 129 Å². The molecule has 0 aliphatic heterocycles. The molecular formula is C19H29NO. The van der Waals surface area contributed by atoms with Crippen molar-refractivity contribution in [2.45, 2.75) is 70.4 Å². The van der Waals surface area contributed by atoms with E-state index in [1.54, 1.807) is 7.11 Å². The van der Waals surface area contributed by atoms with Crippen molar-refractivity contribution in [2.75, 3.05) is 7.11 Å². The van der Waals surface area contributed by atoms with Crippen LogP contribution in [0.15, 0.2) is 24.3 Å². The first kappa shape index (κ1) is 14.9. The minimum absolute atomic E-state index is 0.567. The monoisotopic (exact) mass is 287 g/mol. The Balaban J connectivity index is 1.48. The molecule has 3 rings (SSSR count). The van der Waals surface area contributed by atoms with Gasteiger partial charge in [0.25, 0.3) is 0 Å². The lowest BCUT2D eigenvalue weighted by Gasteiger charge is -2.42. The van der Waals surface area contributed by atoms with Crippen LogP contribution in [0.3, 0.4) is 0 Å². The smallest absolute Gasteiger partial charge is 0.122 e. The van der Waals surface area contributed by atoms with Gasteiger partial charge in [-0.3, -0.25) is 0 Å². The van der Waals surface area contributed by atoms with Gasteiger partial charge in [-0.05, 0) is 61.5 Å². The van der Waals surface area contributed by atoms with Gasteiger partial charge in [-0.1, -0.05) is 32.0 Å². The van der Waals surface area contributed by atoms with E-state index in [9.17, 15) is 0 Å². The topological polar surface area (TPSA) is 21.3 Å². The van der Waals surface area contributed by atoms with Gasteiger partial charge >= 0.3 is 0 Å². The van der Waals surface area contributed by atoms with Crippen LogP contribution in [0.5, 0.6) is 5.75 Å². The third-order valence-corrected chi connectivity index (χ3v) is 5.53. The van der Waals surface area contributed by atoms with Crippen LogP contribution in [0.1, 0.15) is 63.9 Å². The lowest BCUT2D eigenvalue weighted by molar-refractivity contribution is 0.173. The van der Waals surface area contributed by atoms with Crippen molar-refractivity contribution in [3.05, 3.63) is 29.8 Å². The number of methoxy groups -OCH3 is 1. The highest BCUT2D eigenvalue weighted by molar-refractivity contribution is 5.37. The molecule has 0 amide bonds. The van der Waals surface area contributed by atoms with Crippen LogP contribution in [-0.4, -0.2) is 19.2 Å². The van der Waals surface area contributed by atoms with E-state index in [1.165, 1.54) is 44.1 Å². The summed E-state index contributed by atoms with van der Waals surface area (Å²) in [5.74, 6) is 1.74. The fraction of sp³-hybridized carbons (Fsp3) is 0.684. The van der Waals surface area contributed by atoms with Crippen LogP contribution >= 0.6 is 0 Å². The van der Waals surface area contributed by atoms with Crippen molar-refractivity contribution in [1.29, 1.82) is 0 Å². The molecule has 2 aliphatic carbocycles. The molecule has 1 aromatic rings. The van der Waals surface area contributed by atoms with Crippen molar-refractivity contribution >= 4 is 0 Å². The summed E-state index contributed by atoms with van der Waals surface area (Å²) in [7, 11) is 1.77. The predicted molar refractivity (Wildman–Crippen MR) is 87.9 cm³/mol. The Morgan fingerprint density at radius 1 is 1.05 bits per heavy atom. The Hall–Kier alpha value is -1.02. The number of nitrogens with one attached hydrogen (secondary N) is 1. The van der Waals surface area contributed by atoms with E-state index < -0.39 is 0 Å². The van der Waals surface area contributed by atoms with E-state index in [-0.39, 0.29) is 0 Å². The van der Waals surface area contributed by atoms with Crippen molar-refractivity contribution in [3.8, 4) is 5.75 Å². The zero-order valence-corrected chi connectivity index (χ0v) is 13.7. The molecule has 0 atom stereocenters. The van der Waals surface area contributed by atoms with E-state index in [1.807, 2.05) is 0 Å². The van der Waals surface area contributed by atoms with E-state index in [0.29, 0.717) is 17.4 Å². The second-order valence-electron chi connectivity index (χ2n) is 7.71. The summed E-state index contributed by atoms with van der Waals surface area (Å²) in [6.45, 7) is 4.81. The highest BCUT2D eigenvalue weighted by atomic mass is 16.5. The maximum absolute atomic E-state index is 5.49. The number of para-hydroxylation sites is 1. The molecule has 1 aromatic carbocycles. The summed E-state index contributed by atoms with van der Waals surface area (Å²) in [6, 6.07) is 9.96. The van der Waals surface area contributed by atoms with E-state index >= 15 is 0 Å². The van der Waals surface area contributed by atoms with Gasteiger partial charge in [-0.25, -0.2) is 0 Å². The average Bonchev–Trinajstić information content (AvgIpc) is 2.44. The zero-order chi connectivity index (χ0) is 14.9. The van der Waals surface area contributed by atoms with Gasteiger partial charge in [0.15, 0.2) is 0 Å². The molecule has 116 valence electrons. The second kappa shape index (κ2) is 6.00. The van der Waals surface area contributed by atoms with Gasteiger partial charge in [0.05, 0.1) is 7.11 Å². The zero-order valence-electron chi connectivity index (χ0n) is 13.7. The van der Waals surface area contributed by atoms with Gasteiger partial charge in [-0.15, -0.1) is 0 Å². The van der Waals surface area contributed by atoms with Crippen molar-refractivity contribution in [3.63, 3.8) is 0 Å². The Kier molecular flexibility index (Phi) is 4.26. The normalized spacial score (nSPS) is 28.9. The third kappa shape index (κ3) is 3.42. The van der Waals surface area contributed by atoms with Crippen LogP contribution in [0.2, 0.25) is 0 Å². The highest BCUT2D eigenvalue weighted by Crippen LogP contribution is 2.42.